The molecule has 1 heterocycles. The number of aliphatic carboxylic acids is 1. The average Bonchev–Trinajstić information content (AvgIpc) is 2.59. The van der Waals surface area contributed by atoms with Crippen molar-refractivity contribution in [1.82, 2.24) is 4.90 Å². The summed E-state index contributed by atoms with van der Waals surface area (Å²) in [4.78, 5) is 26.7. The molecule has 7 heteroatoms. The highest BCUT2D eigenvalue weighted by Crippen LogP contribution is 2.20. The van der Waals surface area contributed by atoms with E-state index >= 15 is 0 Å². The fourth-order valence-electron chi connectivity index (χ4n) is 2.57. The highest BCUT2D eigenvalue weighted by atomic mass is 16.5. The molecule has 1 aliphatic rings. The van der Waals surface area contributed by atoms with Crippen LogP contribution in [0.3, 0.4) is 0 Å². The lowest BCUT2D eigenvalue weighted by molar-refractivity contribution is -0.139. The smallest absolute Gasteiger partial charge is 0.320 e. The van der Waals surface area contributed by atoms with E-state index in [1.54, 1.807) is 12.0 Å². The third-order valence-corrected chi connectivity index (χ3v) is 4.06. The van der Waals surface area contributed by atoms with Crippen molar-refractivity contribution >= 4 is 17.6 Å². The van der Waals surface area contributed by atoms with Crippen LogP contribution in [0.1, 0.15) is 12.8 Å². The van der Waals surface area contributed by atoms with Gasteiger partial charge in [-0.05, 0) is 30.7 Å². The lowest BCUT2D eigenvalue weighted by Crippen LogP contribution is -2.49. The number of amides is 1. The molecule has 3 N–H and O–H groups in total. The van der Waals surface area contributed by atoms with Gasteiger partial charge >= 0.3 is 5.97 Å². The minimum atomic E-state index is -1.07. The Balaban J connectivity index is 1.80. The lowest BCUT2D eigenvalue weighted by Gasteiger charge is -2.36. The number of hydrogen-bond acceptors (Lipinski definition) is 5. The highest BCUT2D eigenvalue weighted by molar-refractivity contribution is 5.78. The van der Waals surface area contributed by atoms with Gasteiger partial charge in [-0.1, -0.05) is 0 Å². The van der Waals surface area contributed by atoms with Crippen LogP contribution in [0.25, 0.3) is 0 Å². The number of piperazine rings is 1. The van der Waals surface area contributed by atoms with E-state index in [1.165, 1.54) is 0 Å². The number of carboxylic acid groups (broad SMARTS) is 1. The highest BCUT2D eigenvalue weighted by Gasteiger charge is 2.22. The number of nitrogens with two attached hydrogens (primary N) is 1. The molecule has 0 aromatic heterocycles. The fraction of sp³-hybridized carbons (Fsp3) is 0.500. The van der Waals surface area contributed by atoms with Gasteiger partial charge in [-0.15, -0.1) is 0 Å². The van der Waals surface area contributed by atoms with Crippen LogP contribution in [0.4, 0.5) is 5.69 Å². The topological polar surface area (TPSA) is 96.1 Å². The molecule has 0 aliphatic carbocycles. The van der Waals surface area contributed by atoms with Gasteiger partial charge in [0.05, 0.1) is 7.11 Å². The first-order chi connectivity index (χ1) is 11.0. The van der Waals surface area contributed by atoms with Gasteiger partial charge in [0.2, 0.25) is 5.91 Å². The molecule has 126 valence electrons. The van der Waals surface area contributed by atoms with Crippen molar-refractivity contribution < 1.29 is 19.4 Å². The van der Waals surface area contributed by atoms with Gasteiger partial charge in [-0.2, -0.15) is 0 Å². The Bertz CT molecular complexity index is 539. The Morgan fingerprint density at radius 1 is 1.22 bits per heavy atom. The van der Waals surface area contributed by atoms with Crippen LogP contribution in [0.15, 0.2) is 24.3 Å². The van der Waals surface area contributed by atoms with Crippen molar-refractivity contribution in [3.63, 3.8) is 0 Å². The van der Waals surface area contributed by atoms with Crippen molar-refractivity contribution in [3.05, 3.63) is 24.3 Å². The predicted octanol–water partition coefficient (Wildman–Crippen LogP) is 0.536. The molecule has 1 aromatic rings. The van der Waals surface area contributed by atoms with Gasteiger partial charge in [0.15, 0.2) is 0 Å². The summed E-state index contributed by atoms with van der Waals surface area (Å²) in [5, 5.41) is 8.74. The van der Waals surface area contributed by atoms with E-state index in [1.807, 2.05) is 24.3 Å². The minimum Gasteiger partial charge on any atom is -0.497 e. The van der Waals surface area contributed by atoms with Crippen LogP contribution >= 0.6 is 0 Å². The van der Waals surface area contributed by atoms with Crippen LogP contribution in [0.5, 0.6) is 5.75 Å². The Kier molecular flexibility index (Phi) is 5.81. The number of rotatable bonds is 6. The van der Waals surface area contributed by atoms with Gasteiger partial charge in [-0.25, -0.2) is 0 Å². The van der Waals surface area contributed by atoms with Crippen LogP contribution in [-0.4, -0.2) is 61.2 Å². The molecule has 23 heavy (non-hydrogen) atoms. The predicted molar refractivity (Wildman–Crippen MR) is 86.6 cm³/mol. The number of hydrogen-bond donors (Lipinski definition) is 2. The van der Waals surface area contributed by atoms with Crippen molar-refractivity contribution in [2.75, 3.05) is 38.2 Å². The second kappa shape index (κ2) is 7.82. The monoisotopic (exact) mass is 321 g/mol. The molecular formula is C16H23N3O4. The molecule has 1 saturated heterocycles. The lowest BCUT2D eigenvalue weighted by atomic mass is 10.1. The van der Waals surface area contributed by atoms with Crippen molar-refractivity contribution in [2.24, 2.45) is 5.73 Å². The Labute approximate surface area is 135 Å². The summed E-state index contributed by atoms with van der Waals surface area (Å²) in [5.74, 6) is -0.282. The largest absolute Gasteiger partial charge is 0.497 e. The molecule has 7 nitrogen and oxygen atoms in total. The van der Waals surface area contributed by atoms with E-state index < -0.39 is 12.0 Å². The number of carboxylic acids is 1. The van der Waals surface area contributed by atoms with Gasteiger partial charge in [0.1, 0.15) is 11.8 Å². The molecule has 0 spiro atoms. The quantitative estimate of drug-likeness (QED) is 0.794. The summed E-state index contributed by atoms with van der Waals surface area (Å²) in [7, 11) is 1.63. The van der Waals surface area contributed by atoms with E-state index in [0.29, 0.717) is 13.1 Å². The molecule has 1 unspecified atom stereocenters. The molecular weight excluding hydrogens is 298 g/mol. The number of carbonyl (C=O) groups is 2. The van der Waals surface area contributed by atoms with E-state index in [2.05, 4.69) is 4.90 Å². The first kappa shape index (κ1) is 17.1. The molecule has 1 amide bonds. The third kappa shape index (κ3) is 4.59. The summed E-state index contributed by atoms with van der Waals surface area (Å²) in [6, 6.07) is 6.87. The van der Waals surface area contributed by atoms with Crippen LogP contribution in [-0.2, 0) is 9.59 Å². The number of benzene rings is 1. The zero-order valence-electron chi connectivity index (χ0n) is 13.3. The molecule has 0 saturated carbocycles. The fourth-order valence-corrected chi connectivity index (χ4v) is 2.57. The molecule has 1 atom stereocenters. The zero-order chi connectivity index (χ0) is 16.8. The molecule has 1 fully saturated rings. The maximum Gasteiger partial charge on any atom is 0.320 e. The summed E-state index contributed by atoms with van der Waals surface area (Å²) < 4.78 is 5.14. The summed E-state index contributed by atoms with van der Waals surface area (Å²) in [6.45, 7) is 2.77. The molecule has 2 rings (SSSR count). The zero-order valence-corrected chi connectivity index (χ0v) is 13.3. The summed E-state index contributed by atoms with van der Waals surface area (Å²) in [5.41, 5.74) is 6.53. The van der Waals surface area contributed by atoms with Crippen LogP contribution in [0, 0.1) is 0 Å². The first-order valence-corrected chi connectivity index (χ1v) is 7.66. The third-order valence-electron chi connectivity index (χ3n) is 4.06. The first-order valence-electron chi connectivity index (χ1n) is 7.66. The number of nitrogens with zero attached hydrogens (tertiary/aromatic N) is 2. The second-order valence-electron chi connectivity index (χ2n) is 5.55. The van der Waals surface area contributed by atoms with E-state index in [0.717, 1.165) is 24.5 Å². The Hall–Kier alpha value is -2.28. The number of methoxy groups -OCH3 is 1. The Morgan fingerprint density at radius 2 is 1.83 bits per heavy atom. The molecule has 1 aromatic carbocycles. The summed E-state index contributed by atoms with van der Waals surface area (Å²) >= 11 is 0. The van der Waals surface area contributed by atoms with Crippen LogP contribution in [0.2, 0.25) is 0 Å². The SMILES string of the molecule is COc1ccc(N2CCN(C(=O)CCC(N)C(=O)O)CC2)cc1. The van der Waals surface area contributed by atoms with Crippen molar-refractivity contribution in [1.29, 1.82) is 0 Å². The number of ether oxygens (including phenoxy) is 1. The minimum absolute atomic E-state index is 0.0314. The number of anilines is 1. The van der Waals surface area contributed by atoms with Gasteiger partial charge in [0, 0.05) is 38.3 Å². The maximum atomic E-state index is 12.1. The van der Waals surface area contributed by atoms with E-state index in [4.69, 9.17) is 15.6 Å². The average molecular weight is 321 g/mol. The van der Waals surface area contributed by atoms with Crippen molar-refractivity contribution in [2.45, 2.75) is 18.9 Å². The normalized spacial score (nSPS) is 16.1. The van der Waals surface area contributed by atoms with E-state index in [9.17, 15) is 9.59 Å². The van der Waals surface area contributed by atoms with Crippen molar-refractivity contribution in [3.8, 4) is 5.75 Å². The maximum absolute atomic E-state index is 12.1. The second-order valence-corrected chi connectivity index (χ2v) is 5.55. The Morgan fingerprint density at radius 3 is 2.35 bits per heavy atom. The van der Waals surface area contributed by atoms with Gasteiger partial charge in [0.25, 0.3) is 0 Å². The van der Waals surface area contributed by atoms with Crippen LogP contribution < -0.4 is 15.4 Å². The van der Waals surface area contributed by atoms with Gasteiger partial charge in [-0.3, -0.25) is 9.59 Å². The molecule has 1 aliphatic heterocycles. The standard InChI is InChI=1S/C16H23N3O4/c1-23-13-4-2-12(3-5-13)18-8-10-19(11-9-18)15(20)7-6-14(17)16(21)22/h2-5,14H,6-11,17H2,1H3,(H,21,22). The van der Waals surface area contributed by atoms with E-state index in [-0.39, 0.29) is 18.7 Å². The van der Waals surface area contributed by atoms with Gasteiger partial charge < -0.3 is 25.4 Å². The molecule has 0 bridgehead atoms. The summed E-state index contributed by atoms with van der Waals surface area (Å²) in [6.07, 6.45) is 0.350. The number of carbonyl (C=O) groups excluding carboxylic acids is 1. The molecule has 0 radical (unpaired) electrons.